The Labute approximate surface area is 183 Å². The fourth-order valence-electron chi connectivity index (χ4n) is 4.07. The van der Waals surface area contributed by atoms with Crippen LogP contribution < -0.4 is 20.9 Å². The molecule has 3 heterocycles. The van der Waals surface area contributed by atoms with Crippen molar-refractivity contribution in [1.29, 1.82) is 0 Å². The summed E-state index contributed by atoms with van der Waals surface area (Å²) in [6.07, 6.45) is 0.338. The maximum Gasteiger partial charge on any atom is 0.332 e. The van der Waals surface area contributed by atoms with Crippen molar-refractivity contribution in [2.24, 2.45) is 7.05 Å². The van der Waals surface area contributed by atoms with Gasteiger partial charge in [-0.1, -0.05) is 18.2 Å². The Morgan fingerprint density at radius 1 is 1.00 bits per heavy atom. The highest BCUT2D eigenvalue weighted by Gasteiger charge is 2.28. The van der Waals surface area contributed by atoms with Crippen LogP contribution in [0.1, 0.15) is 6.42 Å². The third-order valence-corrected chi connectivity index (χ3v) is 5.67. The first kappa shape index (κ1) is 20.1. The third-order valence-electron chi connectivity index (χ3n) is 5.67. The summed E-state index contributed by atoms with van der Waals surface area (Å²) in [7, 11) is 1.61. The predicted octanol–water partition coefficient (Wildman–Crippen LogP) is 2.22. The molecule has 2 aromatic carbocycles. The van der Waals surface area contributed by atoms with Crippen LogP contribution in [-0.4, -0.2) is 36.9 Å². The van der Waals surface area contributed by atoms with Gasteiger partial charge in [-0.05, 0) is 42.8 Å². The second-order valence-corrected chi connectivity index (χ2v) is 7.67. The first-order valence-corrected chi connectivity index (χ1v) is 10.5. The van der Waals surface area contributed by atoms with Crippen molar-refractivity contribution in [2.75, 3.05) is 18.1 Å². The maximum absolute atomic E-state index is 13.1. The molecule has 32 heavy (non-hydrogen) atoms. The first-order chi connectivity index (χ1) is 15.6. The Balaban J connectivity index is 1.50. The first-order valence-electron chi connectivity index (χ1n) is 10.5. The lowest BCUT2D eigenvalue weighted by atomic mass is 10.2. The summed E-state index contributed by atoms with van der Waals surface area (Å²) in [5, 5.41) is 9.11. The Morgan fingerprint density at radius 2 is 1.72 bits per heavy atom. The van der Waals surface area contributed by atoms with Gasteiger partial charge >= 0.3 is 5.69 Å². The number of para-hydroxylation sites is 1. The number of nitrogens with zero attached hydrogens (tertiary/aromatic N) is 5. The van der Waals surface area contributed by atoms with Crippen molar-refractivity contribution in [1.82, 2.24) is 18.7 Å². The Hall–Kier alpha value is -3.85. The van der Waals surface area contributed by atoms with Gasteiger partial charge in [0.15, 0.2) is 11.2 Å². The minimum absolute atomic E-state index is 0.0874. The molecule has 4 aromatic rings. The summed E-state index contributed by atoms with van der Waals surface area (Å²) >= 11 is 0. The Morgan fingerprint density at radius 3 is 2.44 bits per heavy atom. The van der Waals surface area contributed by atoms with Crippen LogP contribution in [0.25, 0.3) is 11.2 Å². The Kier molecular flexibility index (Phi) is 5.02. The summed E-state index contributed by atoms with van der Waals surface area (Å²) < 4.78 is 10.3. The summed E-state index contributed by atoms with van der Waals surface area (Å²) in [6, 6.07) is 17.3. The van der Waals surface area contributed by atoms with Crippen molar-refractivity contribution in [2.45, 2.75) is 19.5 Å². The zero-order valence-electron chi connectivity index (χ0n) is 17.6. The van der Waals surface area contributed by atoms with Gasteiger partial charge in [0, 0.05) is 39.0 Å². The fourth-order valence-corrected chi connectivity index (χ4v) is 4.07. The highest BCUT2D eigenvalue weighted by atomic mass is 16.5. The summed E-state index contributed by atoms with van der Waals surface area (Å²) in [5.41, 5.74) is 0.895. The molecule has 0 unspecified atom stereocenters. The second kappa shape index (κ2) is 8.01. The molecule has 0 saturated carbocycles. The number of imidazole rings is 1. The van der Waals surface area contributed by atoms with E-state index in [1.165, 1.54) is 9.13 Å². The number of aliphatic hydroxyl groups excluding tert-OH is 1. The average Bonchev–Trinajstić information content (AvgIpc) is 3.39. The number of hydrogen-bond donors (Lipinski definition) is 1. The van der Waals surface area contributed by atoms with E-state index in [1.807, 2.05) is 64.1 Å². The molecule has 0 spiro atoms. The Bertz CT molecular complexity index is 1390. The van der Waals surface area contributed by atoms with Crippen LogP contribution in [-0.2, 0) is 20.1 Å². The molecule has 0 atom stereocenters. The van der Waals surface area contributed by atoms with Crippen molar-refractivity contribution in [3.63, 3.8) is 0 Å². The van der Waals surface area contributed by atoms with Gasteiger partial charge in [0.1, 0.15) is 11.5 Å². The topological polar surface area (TPSA) is 94.5 Å². The van der Waals surface area contributed by atoms with Crippen molar-refractivity contribution in [3.05, 3.63) is 75.4 Å². The van der Waals surface area contributed by atoms with Crippen LogP contribution in [0.15, 0.2) is 64.2 Å². The number of anilines is 2. The quantitative estimate of drug-likeness (QED) is 0.501. The molecule has 164 valence electrons. The lowest BCUT2D eigenvalue weighted by Gasteiger charge is -2.16. The van der Waals surface area contributed by atoms with Crippen LogP contribution in [0, 0.1) is 0 Å². The van der Waals surface area contributed by atoms with Gasteiger partial charge in [-0.25, -0.2) is 4.79 Å². The van der Waals surface area contributed by atoms with Crippen molar-refractivity contribution in [3.8, 4) is 11.5 Å². The lowest BCUT2D eigenvalue weighted by Crippen LogP contribution is -2.39. The van der Waals surface area contributed by atoms with E-state index in [4.69, 9.17) is 9.84 Å². The highest BCUT2D eigenvalue weighted by Crippen LogP contribution is 2.33. The second-order valence-electron chi connectivity index (χ2n) is 7.67. The van der Waals surface area contributed by atoms with E-state index in [-0.39, 0.29) is 18.7 Å². The van der Waals surface area contributed by atoms with E-state index in [1.54, 1.807) is 7.05 Å². The summed E-state index contributed by atoms with van der Waals surface area (Å²) in [5.74, 6) is 2.12. The molecule has 0 aliphatic carbocycles. The van der Waals surface area contributed by atoms with Gasteiger partial charge in [0.05, 0.1) is 0 Å². The van der Waals surface area contributed by atoms with Crippen LogP contribution in [0.5, 0.6) is 11.5 Å². The monoisotopic (exact) mass is 433 g/mol. The molecule has 0 fully saturated rings. The fraction of sp³-hybridized carbons (Fsp3) is 0.261. The van der Waals surface area contributed by atoms with Crippen LogP contribution >= 0.6 is 0 Å². The molecule has 1 aliphatic heterocycles. The SMILES string of the molecule is Cn1c(=O)n(CCCO)c(=O)c2c1nc1n2CCN1c1ccc(Oc2ccccc2)cc1. The zero-order valence-corrected chi connectivity index (χ0v) is 17.6. The lowest BCUT2D eigenvalue weighted by molar-refractivity contribution is 0.277. The molecule has 0 amide bonds. The number of benzene rings is 2. The number of fused-ring (bicyclic) bond motifs is 3. The van der Waals surface area contributed by atoms with Crippen LogP contribution in [0.2, 0.25) is 0 Å². The summed E-state index contributed by atoms with van der Waals surface area (Å²) in [4.78, 5) is 32.4. The van der Waals surface area contributed by atoms with E-state index in [0.717, 1.165) is 17.2 Å². The molecule has 1 N–H and O–H groups in total. The minimum Gasteiger partial charge on any atom is -0.457 e. The molecule has 0 radical (unpaired) electrons. The molecule has 0 bridgehead atoms. The summed E-state index contributed by atoms with van der Waals surface area (Å²) in [6.45, 7) is 1.33. The normalized spacial score (nSPS) is 13.0. The van der Waals surface area contributed by atoms with Gasteiger partial charge in [-0.15, -0.1) is 0 Å². The van der Waals surface area contributed by atoms with E-state index in [2.05, 4.69) is 4.98 Å². The average molecular weight is 433 g/mol. The molecule has 0 saturated heterocycles. The molecule has 9 nitrogen and oxygen atoms in total. The molecular formula is C23H23N5O4. The zero-order chi connectivity index (χ0) is 22.2. The van der Waals surface area contributed by atoms with Gasteiger partial charge in [0.2, 0.25) is 5.95 Å². The van der Waals surface area contributed by atoms with Gasteiger partial charge in [0.25, 0.3) is 5.56 Å². The van der Waals surface area contributed by atoms with E-state index in [9.17, 15) is 9.59 Å². The largest absolute Gasteiger partial charge is 0.457 e. The molecular weight excluding hydrogens is 410 g/mol. The predicted molar refractivity (Wildman–Crippen MR) is 121 cm³/mol. The van der Waals surface area contributed by atoms with Crippen molar-refractivity contribution >= 4 is 22.8 Å². The number of ether oxygens (including phenoxy) is 1. The number of hydrogen-bond acceptors (Lipinski definition) is 6. The van der Waals surface area contributed by atoms with E-state index < -0.39 is 5.69 Å². The third kappa shape index (κ3) is 3.27. The van der Waals surface area contributed by atoms with Crippen LogP contribution in [0.3, 0.4) is 0 Å². The standard InChI is InChI=1S/C23H23N5O4/c1-25-20-19(21(30)28(23(25)31)12-5-15-29)27-14-13-26(22(27)24-20)16-8-10-18(11-9-16)32-17-6-3-2-4-7-17/h2-4,6-11,29H,5,12-15H2,1H3. The van der Waals surface area contributed by atoms with Crippen LogP contribution in [0.4, 0.5) is 11.6 Å². The van der Waals surface area contributed by atoms with Gasteiger partial charge < -0.3 is 19.3 Å². The molecule has 9 heteroatoms. The van der Waals surface area contributed by atoms with Gasteiger partial charge in [-0.3, -0.25) is 13.9 Å². The number of aliphatic hydroxyl groups is 1. The smallest absolute Gasteiger partial charge is 0.332 e. The van der Waals surface area contributed by atoms with Gasteiger partial charge in [-0.2, -0.15) is 4.98 Å². The van der Waals surface area contributed by atoms with Crippen molar-refractivity contribution < 1.29 is 9.84 Å². The van der Waals surface area contributed by atoms with E-state index >= 15 is 0 Å². The minimum atomic E-state index is -0.429. The van der Waals surface area contributed by atoms with E-state index in [0.29, 0.717) is 36.6 Å². The number of rotatable bonds is 6. The maximum atomic E-state index is 13.1. The highest BCUT2D eigenvalue weighted by molar-refractivity contribution is 5.77. The molecule has 1 aliphatic rings. The number of aryl methyl sites for hydroxylation is 1. The molecule has 5 rings (SSSR count). The number of aromatic nitrogens is 4. The molecule has 2 aromatic heterocycles.